The summed E-state index contributed by atoms with van der Waals surface area (Å²) in [7, 11) is 0. The lowest BCUT2D eigenvalue weighted by molar-refractivity contribution is -0.115. The number of halogens is 4. The van der Waals surface area contributed by atoms with Gasteiger partial charge in [-0.2, -0.15) is 0 Å². The molecule has 3 rings (SSSR count). The first-order valence-electron chi connectivity index (χ1n) is 6.17. The van der Waals surface area contributed by atoms with E-state index in [4.69, 9.17) is 23.2 Å². The highest BCUT2D eigenvalue weighted by molar-refractivity contribution is 9.10. The van der Waals surface area contributed by atoms with Crippen molar-refractivity contribution >= 4 is 66.7 Å². The number of alkyl halides is 1. The van der Waals surface area contributed by atoms with E-state index in [2.05, 4.69) is 37.2 Å². The summed E-state index contributed by atoms with van der Waals surface area (Å²) in [6.45, 7) is 0. The number of hydrogen-bond acceptors (Lipinski definition) is 1. The van der Waals surface area contributed by atoms with Crippen molar-refractivity contribution in [1.29, 1.82) is 0 Å². The first-order chi connectivity index (χ1) is 9.95. The molecule has 0 aliphatic carbocycles. The van der Waals surface area contributed by atoms with Crippen LogP contribution >= 0.6 is 55.1 Å². The van der Waals surface area contributed by atoms with Crippen molar-refractivity contribution in [3.05, 3.63) is 61.5 Å². The topological polar surface area (TPSA) is 29.1 Å². The fourth-order valence-corrected chi connectivity index (χ4v) is 4.43. The van der Waals surface area contributed by atoms with Gasteiger partial charge in [-0.15, -0.1) is 0 Å². The molecule has 1 amide bonds. The highest BCUT2D eigenvalue weighted by atomic mass is 79.9. The molecule has 2 aromatic rings. The maximum atomic E-state index is 11.5. The van der Waals surface area contributed by atoms with Gasteiger partial charge in [0.15, 0.2) is 0 Å². The van der Waals surface area contributed by atoms with Gasteiger partial charge in [-0.3, -0.25) is 4.79 Å². The lowest BCUT2D eigenvalue weighted by Gasteiger charge is -2.16. The van der Waals surface area contributed by atoms with Gasteiger partial charge in [-0.05, 0) is 34.9 Å². The molecule has 1 N–H and O–H groups in total. The third kappa shape index (κ3) is 3.00. The van der Waals surface area contributed by atoms with E-state index in [0.717, 1.165) is 26.9 Å². The maximum absolute atomic E-state index is 11.5. The molecule has 0 fully saturated rings. The van der Waals surface area contributed by atoms with E-state index in [1.165, 1.54) is 0 Å². The zero-order valence-corrected chi connectivity index (χ0v) is 15.3. The third-order valence-corrected chi connectivity index (χ3v) is 5.49. The summed E-state index contributed by atoms with van der Waals surface area (Å²) in [5.41, 5.74) is 3.57. The van der Waals surface area contributed by atoms with Gasteiger partial charge >= 0.3 is 0 Å². The zero-order valence-electron chi connectivity index (χ0n) is 10.6. The number of benzene rings is 2. The number of hydrogen-bond donors (Lipinski definition) is 1. The highest BCUT2D eigenvalue weighted by Gasteiger charge is 2.23. The summed E-state index contributed by atoms with van der Waals surface area (Å²) in [6.07, 6.45) is 0.382. The molecule has 0 radical (unpaired) electrons. The van der Waals surface area contributed by atoms with E-state index in [-0.39, 0.29) is 10.7 Å². The summed E-state index contributed by atoms with van der Waals surface area (Å²) in [6, 6.07) is 9.46. The van der Waals surface area contributed by atoms with Crippen molar-refractivity contribution in [3.63, 3.8) is 0 Å². The number of carbonyl (C=O) groups is 1. The standard InChI is InChI=1S/C15H9Br2Cl2NO/c16-8-1-2-9(11(18)5-8)15(17)10-3-7-4-14(21)20-13(7)6-12(10)19/h1-3,5-6,15H,4H2,(H,20,21). The largest absolute Gasteiger partial charge is 0.325 e. The third-order valence-electron chi connectivity index (χ3n) is 3.36. The van der Waals surface area contributed by atoms with Gasteiger partial charge in [0.25, 0.3) is 0 Å². The first-order valence-corrected chi connectivity index (χ1v) is 8.63. The number of fused-ring (bicyclic) bond motifs is 1. The van der Waals surface area contributed by atoms with Crippen molar-refractivity contribution in [2.75, 3.05) is 5.32 Å². The van der Waals surface area contributed by atoms with E-state index in [0.29, 0.717) is 16.5 Å². The molecule has 2 nitrogen and oxygen atoms in total. The van der Waals surface area contributed by atoms with E-state index < -0.39 is 0 Å². The molecule has 1 aliphatic rings. The molecule has 0 spiro atoms. The molecule has 2 aromatic carbocycles. The van der Waals surface area contributed by atoms with Crippen molar-refractivity contribution in [3.8, 4) is 0 Å². The Morgan fingerprint density at radius 3 is 2.52 bits per heavy atom. The molecule has 0 saturated carbocycles. The molecule has 21 heavy (non-hydrogen) atoms. The average Bonchev–Trinajstić information content (AvgIpc) is 2.76. The van der Waals surface area contributed by atoms with Crippen molar-refractivity contribution in [2.45, 2.75) is 11.2 Å². The maximum Gasteiger partial charge on any atom is 0.228 e. The second-order valence-corrected chi connectivity index (χ2v) is 7.43. The van der Waals surface area contributed by atoms with Gasteiger partial charge in [-0.25, -0.2) is 0 Å². The molecular formula is C15H9Br2Cl2NO. The fraction of sp³-hybridized carbons (Fsp3) is 0.133. The molecule has 1 aliphatic heterocycles. The summed E-state index contributed by atoms with van der Waals surface area (Å²) in [5, 5.41) is 4.04. The van der Waals surface area contributed by atoms with Crippen LogP contribution in [0.25, 0.3) is 0 Å². The predicted octanol–water partition coefficient (Wildman–Crippen LogP) is 5.73. The highest BCUT2D eigenvalue weighted by Crippen LogP contribution is 2.42. The van der Waals surface area contributed by atoms with Crippen molar-refractivity contribution < 1.29 is 4.79 Å². The summed E-state index contributed by atoms with van der Waals surface area (Å²) < 4.78 is 0.922. The molecule has 108 valence electrons. The minimum absolute atomic E-state index is 0.00832. The van der Waals surface area contributed by atoms with Crippen molar-refractivity contribution in [1.82, 2.24) is 0 Å². The SMILES string of the molecule is O=C1Cc2cc(C(Br)c3ccc(Br)cc3Cl)c(Cl)cc2N1. The van der Waals surface area contributed by atoms with Gasteiger partial charge in [0, 0.05) is 20.2 Å². The molecule has 0 saturated heterocycles. The predicted molar refractivity (Wildman–Crippen MR) is 93.7 cm³/mol. The Bertz CT molecular complexity index is 749. The number of nitrogens with one attached hydrogen (secondary N) is 1. The Morgan fingerprint density at radius 2 is 1.81 bits per heavy atom. The van der Waals surface area contributed by atoms with Crippen molar-refractivity contribution in [2.24, 2.45) is 0 Å². The Morgan fingerprint density at radius 1 is 1.10 bits per heavy atom. The van der Waals surface area contributed by atoms with Crippen LogP contribution in [0.15, 0.2) is 34.8 Å². The van der Waals surface area contributed by atoms with Crippen LogP contribution in [-0.4, -0.2) is 5.91 Å². The van der Waals surface area contributed by atoms with Crippen LogP contribution in [0.1, 0.15) is 21.5 Å². The summed E-state index contributed by atoms with van der Waals surface area (Å²) in [4.78, 5) is 11.3. The number of carbonyl (C=O) groups excluding carboxylic acids is 1. The van der Waals surface area contributed by atoms with Gasteiger partial charge < -0.3 is 5.32 Å². The second kappa shape index (κ2) is 5.92. The minimum atomic E-state index is -0.133. The van der Waals surface area contributed by atoms with Crippen LogP contribution in [0.5, 0.6) is 0 Å². The number of anilines is 1. The van der Waals surface area contributed by atoms with Crippen LogP contribution in [0, 0.1) is 0 Å². The van der Waals surface area contributed by atoms with E-state index in [9.17, 15) is 4.79 Å². The normalized spacial score (nSPS) is 14.8. The van der Waals surface area contributed by atoms with E-state index in [1.54, 1.807) is 6.07 Å². The Hall–Kier alpha value is -0.550. The Balaban J connectivity index is 2.04. The van der Waals surface area contributed by atoms with Gasteiger partial charge in [0.05, 0.1) is 11.2 Å². The van der Waals surface area contributed by atoms with E-state index >= 15 is 0 Å². The molecular weight excluding hydrogens is 441 g/mol. The van der Waals surface area contributed by atoms with E-state index in [1.807, 2.05) is 24.3 Å². The molecule has 0 bridgehead atoms. The van der Waals surface area contributed by atoms with Gasteiger partial charge in [0.1, 0.15) is 0 Å². The van der Waals surface area contributed by atoms with Gasteiger partial charge in [0.2, 0.25) is 5.91 Å². The van der Waals surface area contributed by atoms with Crippen LogP contribution in [0.2, 0.25) is 10.0 Å². The lowest BCUT2D eigenvalue weighted by Crippen LogP contribution is -2.03. The van der Waals surface area contributed by atoms with Crippen LogP contribution in [0.3, 0.4) is 0 Å². The smallest absolute Gasteiger partial charge is 0.228 e. The molecule has 6 heteroatoms. The number of rotatable bonds is 2. The Labute approximate surface area is 149 Å². The minimum Gasteiger partial charge on any atom is -0.325 e. The number of amides is 1. The summed E-state index contributed by atoms with van der Waals surface area (Å²) >= 11 is 19.7. The zero-order chi connectivity index (χ0) is 15.1. The van der Waals surface area contributed by atoms with Crippen LogP contribution in [0.4, 0.5) is 5.69 Å². The monoisotopic (exact) mass is 447 g/mol. The first kappa shape index (κ1) is 15.3. The molecule has 1 unspecified atom stereocenters. The second-order valence-electron chi connectivity index (χ2n) is 4.78. The van der Waals surface area contributed by atoms with Gasteiger partial charge in [-0.1, -0.05) is 67.2 Å². The average molecular weight is 450 g/mol. The quantitative estimate of drug-likeness (QED) is 0.582. The summed E-state index contributed by atoms with van der Waals surface area (Å²) in [5.74, 6) is -0.00832. The fourth-order valence-electron chi connectivity index (χ4n) is 2.34. The molecule has 1 atom stereocenters. The van der Waals surface area contributed by atoms with Crippen LogP contribution in [-0.2, 0) is 11.2 Å². The lowest BCUT2D eigenvalue weighted by atomic mass is 10.0. The van der Waals surface area contributed by atoms with Crippen LogP contribution < -0.4 is 5.32 Å². The Kier molecular flexibility index (Phi) is 4.33. The molecule has 1 heterocycles. The molecule has 0 aromatic heterocycles.